The van der Waals surface area contributed by atoms with Gasteiger partial charge < -0.3 is 10.1 Å². The molecule has 0 radical (unpaired) electrons. The van der Waals surface area contributed by atoms with Gasteiger partial charge >= 0.3 is 0 Å². The molecule has 2 heterocycles. The van der Waals surface area contributed by atoms with Crippen LogP contribution >= 0.6 is 23.1 Å². The zero-order valence-electron chi connectivity index (χ0n) is 15.7. The molecule has 6 nitrogen and oxygen atoms in total. The number of nitrogens with one attached hydrogen (secondary N) is 1. The van der Waals surface area contributed by atoms with Crippen LogP contribution in [0.2, 0.25) is 0 Å². The Labute approximate surface area is 175 Å². The van der Waals surface area contributed by atoms with Gasteiger partial charge in [-0.2, -0.15) is 0 Å². The Kier molecular flexibility index (Phi) is 4.81. The van der Waals surface area contributed by atoms with Crippen LogP contribution in [0.5, 0.6) is 5.75 Å². The summed E-state index contributed by atoms with van der Waals surface area (Å²) < 4.78 is 6.22. The molecule has 0 atom stereocenters. The maximum Gasteiger partial charge on any atom is 0.236 e. The monoisotopic (exact) mass is 422 g/mol. The highest BCUT2D eigenvalue weighted by Gasteiger charge is 2.27. The van der Waals surface area contributed by atoms with E-state index in [1.807, 2.05) is 42.5 Å². The predicted octanol–water partition coefficient (Wildman–Crippen LogP) is 4.86. The number of hydrogen-bond acceptors (Lipinski definition) is 7. The van der Waals surface area contributed by atoms with E-state index in [9.17, 15) is 4.79 Å². The van der Waals surface area contributed by atoms with Gasteiger partial charge in [-0.15, -0.1) is 0 Å². The fourth-order valence-electron chi connectivity index (χ4n) is 3.07. The van der Waals surface area contributed by atoms with Crippen LogP contribution in [0, 0.1) is 0 Å². The van der Waals surface area contributed by atoms with Crippen LogP contribution in [0.1, 0.15) is 24.6 Å². The molecule has 1 aliphatic rings. The first kappa shape index (κ1) is 18.3. The van der Waals surface area contributed by atoms with Crippen molar-refractivity contribution in [3.05, 3.63) is 48.3 Å². The number of carbonyl (C=O) groups is 1. The van der Waals surface area contributed by atoms with Crippen molar-refractivity contribution in [3.63, 3.8) is 0 Å². The molecule has 0 spiro atoms. The van der Waals surface area contributed by atoms with Gasteiger partial charge in [0.25, 0.3) is 0 Å². The molecule has 8 heteroatoms. The number of ether oxygens (including phenoxy) is 1. The normalized spacial score (nSPS) is 13.7. The topological polar surface area (TPSA) is 77.0 Å². The van der Waals surface area contributed by atoms with E-state index in [4.69, 9.17) is 9.72 Å². The van der Waals surface area contributed by atoms with Crippen LogP contribution in [-0.4, -0.2) is 33.7 Å². The van der Waals surface area contributed by atoms with E-state index in [1.165, 1.54) is 23.1 Å². The molecule has 0 aliphatic heterocycles. The molecule has 1 aliphatic carbocycles. The molecule has 5 rings (SSSR count). The van der Waals surface area contributed by atoms with Crippen LogP contribution in [0.25, 0.3) is 21.1 Å². The number of aromatic nitrogens is 3. The van der Waals surface area contributed by atoms with Gasteiger partial charge in [0.2, 0.25) is 5.91 Å². The van der Waals surface area contributed by atoms with Crippen molar-refractivity contribution in [1.29, 1.82) is 0 Å². The number of nitrogens with zero attached hydrogens (tertiary/aromatic N) is 3. The van der Waals surface area contributed by atoms with Crippen molar-refractivity contribution in [3.8, 4) is 5.75 Å². The largest absolute Gasteiger partial charge is 0.497 e. The number of benzene rings is 2. The highest BCUT2D eigenvalue weighted by Crippen LogP contribution is 2.39. The summed E-state index contributed by atoms with van der Waals surface area (Å²) in [6.45, 7) is 0. The summed E-state index contributed by atoms with van der Waals surface area (Å²) in [4.78, 5) is 26.4. The number of anilines is 1. The molecule has 146 valence electrons. The number of carbonyl (C=O) groups excluding carboxylic acids is 1. The Hall–Kier alpha value is -2.71. The molecule has 1 fully saturated rings. The zero-order chi connectivity index (χ0) is 19.8. The molecule has 29 heavy (non-hydrogen) atoms. The number of fused-ring (bicyclic) bond motifs is 2. The first-order valence-corrected chi connectivity index (χ1v) is 11.1. The smallest absolute Gasteiger partial charge is 0.236 e. The van der Waals surface area contributed by atoms with E-state index < -0.39 is 0 Å². The lowest BCUT2D eigenvalue weighted by Gasteiger charge is -2.07. The van der Waals surface area contributed by atoms with E-state index in [1.54, 1.807) is 7.11 Å². The van der Waals surface area contributed by atoms with Gasteiger partial charge in [0.05, 0.1) is 28.6 Å². The lowest BCUT2D eigenvalue weighted by molar-refractivity contribution is -0.113. The molecule has 4 aromatic rings. The molecule has 2 aromatic heterocycles. The van der Waals surface area contributed by atoms with Gasteiger partial charge in [0, 0.05) is 11.3 Å². The van der Waals surface area contributed by atoms with Gasteiger partial charge in [-0.3, -0.25) is 4.79 Å². The molecule has 0 saturated heterocycles. The van der Waals surface area contributed by atoms with Crippen LogP contribution in [0.3, 0.4) is 0 Å². The number of thioether (sulfide) groups is 1. The minimum absolute atomic E-state index is 0.100. The summed E-state index contributed by atoms with van der Waals surface area (Å²) in [5, 5.41) is 5.34. The lowest BCUT2D eigenvalue weighted by Crippen LogP contribution is -2.14. The number of thiazole rings is 1. The quantitative estimate of drug-likeness (QED) is 0.353. The molecule has 1 N–H and O–H groups in total. The Morgan fingerprint density at radius 3 is 2.86 bits per heavy atom. The van der Waals surface area contributed by atoms with Gasteiger partial charge in [0.15, 0.2) is 5.13 Å². The van der Waals surface area contributed by atoms with Gasteiger partial charge in [-0.05, 0) is 37.1 Å². The van der Waals surface area contributed by atoms with E-state index in [2.05, 4.69) is 15.3 Å². The van der Waals surface area contributed by atoms with Crippen molar-refractivity contribution >= 4 is 55.3 Å². The lowest BCUT2D eigenvalue weighted by atomic mass is 10.2. The Morgan fingerprint density at radius 1 is 1.17 bits per heavy atom. The number of amides is 1. The zero-order valence-corrected chi connectivity index (χ0v) is 17.3. The van der Waals surface area contributed by atoms with Gasteiger partial charge in [-0.1, -0.05) is 41.3 Å². The molecule has 1 saturated carbocycles. The second kappa shape index (κ2) is 7.61. The summed E-state index contributed by atoms with van der Waals surface area (Å²) in [6.07, 6.45) is 2.29. The van der Waals surface area contributed by atoms with E-state index in [-0.39, 0.29) is 11.7 Å². The summed E-state index contributed by atoms with van der Waals surface area (Å²) in [7, 11) is 1.63. The van der Waals surface area contributed by atoms with Gasteiger partial charge in [0.1, 0.15) is 16.6 Å². The summed E-state index contributed by atoms with van der Waals surface area (Å²) in [6, 6.07) is 13.6. The third-order valence-corrected chi connectivity index (χ3v) is 6.63. The summed E-state index contributed by atoms with van der Waals surface area (Å²) >= 11 is 2.88. The van der Waals surface area contributed by atoms with Crippen molar-refractivity contribution in [2.75, 3.05) is 18.2 Å². The Morgan fingerprint density at radius 2 is 2.03 bits per heavy atom. The molecular formula is C21H18N4O2S2. The van der Waals surface area contributed by atoms with Gasteiger partial charge in [-0.25, -0.2) is 15.0 Å². The fourth-order valence-corrected chi connectivity index (χ4v) is 4.81. The highest BCUT2D eigenvalue weighted by atomic mass is 32.2. The first-order valence-electron chi connectivity index (χ1n) is 9.33. The van der Waals surface area contributed by atoms with Crippen molar-refractivity contribution in [1.82, 2.24) is 15.0 Å². The number of methoxy groups -OCH3 is 1. The number of rotatable bonds is 6. The second-order valence-electron chi connectivity index (χ2n) is 6.87. The number of para-hydroxylation sites is 1. The maximum atomic E-state index is 12.5. The molecular weight excluding hydrogens is 404 g/mol. The van der Waals surface area contributed by atoms with Crippen molar-refractivity contribution in [2.24, 2.45) is 0 Å². The van der Waals surface area contributed by atoms with E-state index >= 15 is 0 Å². The van der Waals surface area contributed by atoms with Crippen LogP contribution in [0.15, 0.2) is 47.5 Å². The SMILES string of the molecule is COc1ccc2nc(NC(=O)CSc3nc(C4CC4)nc4ccccc34)sc2c1. The predicted molar refractivity (Wildman–Crippen MR) is 117 cm³/mol. The summed E-state index contributed by atoms with van der Waals surface area (Å²) in [5.41, 5.74) is 1.78. The maximum absolute atomic E-state index is 12.5. The average Bonchev–Trinajstić information content (AvgIpc) is 3.51. The minimum Gasteiger partial charge on any atom is -0.497 e. The van der Waals surface area contributed by atoms with Crippen molar-refractivity contribution < 1.29 is 9.53 Å². The van der Waals surface area contributed by atoms with Crippen LogP contribution in [0.4, 0.5) is 5.13 Å². The Bertz CT molecular complexity index is 1220. The standard InChI is InChI=1S/C21H18N4O2S2/c1-27-13-8-9-16-17(10-13)29-21(23-16)24-18(26)11-28-20-14-4-2-3-5-15(14)22-19(25-20)12-6-7-12/h2-5,8-10,12H,6-7,11H2,1H3,(H,23,24,26). The summed E-state index contributed by atoms with van der Waals surface area (Å²) in [5.74, 6) is 2.30. The first-order chi connectivity index (χ1) is 14.2. The van der Waals surface area contributed by atoms with Crippen LogP contribution < -0.4 is 10.1 Å². The number of hydrogen-bond donors (Lipinski definition) is 1. The molecule has 0 bridgehead atoms. The van der Waals surface area contributed by atoms with Crippen LogP contribution in [-0.2, 0) is 4.79 Å². The third-order valence-electron chi connectivity index (χ3n) is 4.71. The molecule has 0 unspecified atom stereocenters. The fraction of sp³-hybridized carbons (Fsp3) is 0.238. The van der Waals surface area contributed by atoms with E-state index in [0.717, 1.165) is 50.6 Å². The average molecular weight is 423 g/mol. The Balaban J connectivity index is 1.32. The molecule has 2 aromatic carbocycles. The third kappa shape index (κ3) is 3.90. The highest BCUT2D eigenvalue weighted by molar-refractivity contribution is 8.00. The minimum atomic E-state index is -0.100. The molecule has 1 amide bonds. The van der Waals surface area contributed by atoms with Crippen molar-refractivity contribution in [2.45, 2.75) is 23.8 Å². The van der Waals surface area contributed by atoms with E-state index in [0.29, 0.717) is 11.0 Å². The second-order valence-corrected chi connectivity index (χ2v) is 8.86.